The normalized spacial score (nSPS) is 11.1. The van der Waals surface area contributed by atoms with E-state index in [1.807, 2.05) is 32.0 Å². The number of hydrogen-bond donors (Lipinski definition) is 2. The summed E-state index contributed by atoms with van der Waals surface area (Å²) < 4.78 is 25.0. The molecule has 0 spiro atoms. The number of amides is 1. The Hall–Kier alpha value is -2.05. The van der Waals surface area contributed by atoms with Crippen LogP contribution in [0.25, 0.3) is 0 Å². The molecule has 122 valence electrons. The third kappa shape index (κ3) is 4.46. The summed E-state index contributed by atoms with van der Waals surface area (Å²) >= 11 is 5.96. The van der Waals surface area contributed by atoms with Gasteiger partial charge in [-0.2, -0.15) is 0 Å². The molecule has 23 heavy (non-hydrogen) atoms. The molecule has 0 aliphatic carbocycles. The summed E-state index contributed by atoms with van der Waals surface area (Å²) in [6.45, 7) is 3.81. The minimum atomic E-state index is -3.48. The maximum absolute atomic E-state index is 12.4. The van der Waals surface area contributed by atoms with Gasteiger partial charge < -0.3 is 5.32 Å². The average Bonchev–Trinajstić information content (AvgIpc) is 2.44. The highest BCUT2D eigenvalue weighted by atomic mass is 35.5. The van der Waals surface area contributed by atoms with E-state index >= 15 is 0 Å². The third-order valence-corrected chi connectivity index (χ3v) is 4.16. The minimum absolute atomic E-state index is 0.170. The van der Waals surface area contributed by atoms with Crippen LogP contribution in [0.5, 0.6) is 0 Å². The van der Waals surface area contributed by atoms with Gasteiger partial charge >= 0.3 is 0 Å². The van der Waals surface area contributed by atoms with Crippen molar-refractivity contribution in [1.82, 2.24) is 0 Å². The second-order valence-corrected chi connectivity index (χ2v) is 7.45. The van der Waals surface area contributed by atoms with Gasteiger partial charge in [0.1, 0.15) is 0 Å². The van der Waals surface area contributed by atoms with Crippen LogP contribution in [0.4, 0.5) is 11.4 Å². The van der Waals surface area contributed by atoms with E-state index in [0.717, 1.165) is 23.1 Å². The number of carbonyl (C=O) groups excluding carboxylic acids is 1. The molecular weight excluding hydrogens is 336 g/mol. The van der Waals surface area contributed by atoms with Crippen molar-refractivity contribution in [1.29, 1.82) is 0 Å². The maximum atomic E-state index is 12.4. The molecule has 2 rings (SSSR count). The van der Waals surface area contributed by atoms with E-state index in [0.29, 0.717) is 5.56 Å². The smallest absolute Gasteiger partial charge is 0.255 e. The molecule has 2 aromatic carbocycles. The maximum Gasteiger partial charge on any atom is 0.255 e. The second-order valence-electron chi connectivity index (χ2n) is 5.29. The van der Waals surface area contributed by atoms with Gasteiger partial charge in [0, 0.05) is 11.3 Å². The molecule has 2 N–H and O–H groups in total. The van der Waals surface area contributed by atoms with Gasteiger partial charge in [-0.1, -0.05) is 29.8 Å². The second kappa shape index (κ2) is 6.60. The van der Waals surface area contributed by atoms with Crippen molar-refractivity contribution in [3.8, 4) is 0 Å². The van der Waals surface area contributed by atoms with Crippen molar-refractivity contribution in [3.63, 3.8) is 0 Å². The first-order valence-electron chi connectivity index (χ1n) is 6.82. The number of anilines is 2. The Kier molecular flexibility index (Phi) is 4.97. The molecule has 0 aromatic heterocycles. The molecule has 5 nitrogen and oxygen atoms in total. The monoisotopic (exact) mass is 352 g/mol. The summed E-state index contributed by atoms with van der Waals surface area (Å²) in [5.41, 5.74) is 3.11. The van der Waals surface area contributed by atoms with Crippen LogP contribution < -0.4 is 10.0 Å². The standard InChI is InChI=1S/C16H17ClN2O3S/c1-10-5-4-6-11(2)15(10)18-16(20)12-7-8-13(17)14(9-12)19-23(3,21)22/h4-9,19H,1-3H3,(H,18,20). The van der Waals surface area contributed by atoms with Crippen molar-refractivity contribution in [3.05, 3.63) is 58.1 Å². The lowest BCUT2D eigenvalue weighted by Crippen LogP contribution is -2.15. The molecular formula is C16H17ClN2O3S. The quantitative estimate of drug-likeness (QED) is 0.883. The van der Waals surface area contributed by atoms with Crippen LogP contribution in [0.3, 0.4) is 0 Å². The van der Waals surface area contributed by atoms with Crippen LogP contribution in [-0.4, -0.2) is 20.6 Å². The lowest BCUT2D eigenvalue weighted by atomic mass is 10.1. The van der Waals surface area contributed by atoms with Gasteiger partial charge in [0.25, 0.3) is 5.91 Å². The van der Waals surface area contributed by atoms with E-state index in [4.69, 9.17) is 11.6 Å². The third-order valence-electron chi connectivity index (χ3n) is 3.24. The van der Waals surface area contributed by atoms with E-state index in [-0.39, 0.29) is 16.6 Å². The molecule has 0 atom stereocenters. The van der Waals surface area contributed by atoms with Gasteiger partial charge in [-0.3, -0.25) is 9.52 Å². The Morgan fingerprint density at radius 1 is 1.09 bits per heavy atom. The highest BCUT2D eigenvalue weighted by Gasteiger charge is 2.13. The molecule has 1 amide bonds. The van der Waals surface area contributed by atoms with Crippen LogP contribution >= 0.6 is 11.6 Å². The summed E-state index contributed by atoms with van der Waals surface area (Å²) in [5, 5.41) is 3.07. The SMILES string of the molecule is Cc1cccc(C)c1NC(=O)c1ccc(Cl)c(NS(C)(=O)=O)c1. The lowest BCUT2D eigenvalue weighted by molar-refractivity contribution is 0.102. The van der Waals surface area contributed by atoms with E-state index in [9.17, 15) is 13.2 Å². The predicted octanol–water partition coefficient (Wildman–Crippen LogP) is 3.58. The van der Waals surface area contributed by atoms with Gasteiger partial charge in [-0.15, -0.1) is 0 Å². The highest BCUT2D eigenvalue weighted by molar-refractivity contribution is 7.92. The molecule has 0 aliphatic heterocycles. The van der Waals surface area contributed by atoms with Gasteiger partial charge in [0.05, 0.1) is 17.0 Å². The lowest BCUT2D eigenvalue weighted by Gasteiger charge is -2.13. The Bertz CT molecular complexity index is 843. The summed E-state index contributed by atoms with van der Waals surface area (Å²) in [4.78, 5) is 12.4. The number of rotatable bonds is 4. The highest BCUT2D eigenvalue weighted by Crippen LogP contribution is 2.25. The van der Waals surface area contributed by atoms with E-state index in [2.05, 4.69) is 10.0 Å². The molecule has 0 aliphatic rings. The Morgan fingerprint density at radius 2 is 1.70 bits per heavy atom. The Morgan fingerprint density at radius 3 is 2.26 bits per heavy atom. The van der Waals surface area contributed by atoms with Crippen molar-refractivity contribution in [2.45, 2.75) is 13.8 Å². The molecule has 0 bridgehead atoms. The average molecular weight is 353 g/mol. The zero-order valence-electron chi connectivity index (χ0n) is 13.0. The molecule has 0 saturated heterocycles. The fraction of sp³-hybridized carbons (Fsp3) is 0.188. The first-order valence-corrected chi connectivity index (χ1v) is 9.09. The zero-order chi connectivity index (χ0) is 17.2. The molecule has 0 fully saturated rings. The van der Waals surface area contributed by atoms with Crippen LogP contribution in [0.15, 0.2) is 36.4 Å². The zero-order valence-corrected chi connectivity index (χ0v) is 14.5. The first-order chi connectivity index (χ1) is 10.7. The van der Waals surface area contributed by atoms with E-state index < -0.39 is 10.0 Å². The van der Waals surface area contributed by atoms with Gasteiger partial charge in [-0.05, 0) is 43.2 Å². The fourth-order valence-corrected chi connectivity index (χ4v) is 2.93. The van der Waals surface area contributed by atoms with Crippen molar-refractivity contribution >= 4 is 38.9 Å². The van der Waals surface area contributed by atoms with Crippen molar-refractivity contribution < 1.29 is 13.2 Å². The number of para-hydroxylation sites is 1. The van der Waals surface area contributed by atoms with Gasteiger partial charge in [0.15, 0.2) is 0 Å². The number of hydrogen-bond acceptors (Lipinski definition) is 3. The van der Waals surface area contributed by atoms with Gasteiger partial charge in [-0.25, -0.2) is 8.42 Å². The summed E-state index contributed by atoms with van der Waals surface area (Å²) in [5.74, 6) is -0.337. The number of nitrogens with one attached hydrogen (secondary N) is 2. The molecule has 0 unspecified atom stereocenters. The predicted molar refractivity (Wildman–Crippen MR) is 93.8 cm³/mol. The van der Waals surface area contributed by atoms with E-state index in [1.54, 1.807) is 6.07 Å². The fourth-order valence-electron chi connectivity index (χ4n) is 2.14. The number of aryl methyl sites for hydroxylation is 2. The number of benzene rings is 2. The number of halogens is 1. The topological polar surface area (TPSA) is 75.3 Å². The summed E-state index contributed by atoms with van der Waals surface area (Å²) in [6, 6.07) is 10.2. The number of carbonyl (C=O) groups is 1. The number of sulfonamides is 1. The Balaban J connectivity index is 2.32. The largest absolute Gasteiger partial charge is 0.322 e. The summed E-state index contributed by atoms with van der Waals surface area (Å²) in [7, 11) is -3.48. The van der Waals surface area contributed by atoms with Crippen molar-refractivity contribution in [2.75, 3.05) is 16.3 Å². The van der Waals surface area contributed by atoms with Gasteiger partial charge in [0.2, 0.25) is 10.0 Å². The molecule has 0 saturated carbocycles. The van der Waals surface area contributed by atoms with Crippen LogP contribution in [-0.2, 0) is 10.0 Å². The van der Waals surface area contributed by atoms with Crippen LogP contribution in [0, 0.1) is 13.8 Å². The summed E-state index contributed by atoms with van der Waals surface area (Å²) in [6.07, 6.45) is 1.02. The molecule has 0 radical (unpaired) electrons. The molecule has 2 aromatic rings. The van der Waals surface area contributed by atoms with Crippen LogP contribution in [0.1, 0.15) is 21.5 Å². The van der Waals surface area contributed by atoms with Crippen LogP contribution in [0.2, 0.25) is 5.02 Å². The Labute approximate surface area is 140 Å². The minimum Gasteiger partial charge on any atom is -0.322 e. The molecule has 0 heterocycles. The first kappa shape index (κ1) is 17.3. The molecule has 7 heteroatoms. The van der Waals surface area contributed by atoms with Crippen molar-refractivity contribution in [2.24, 2.45) is 0 Å². The van der Waals surface area contributed by atoms with E-state index in [1.165, 1.54) is 12.1 Å².